The summed E-state index contributed by atoms with van der Waals surface area (Å²) in [6, 6.07) is 6.71. The van der Waals surface area contributed by atoms with Crippen molar-refractivity contribution in [1.29, 1.82) is 0 Å². The Morgan fingerprint density at radius 3 is 2.86 bits per heavy atom. The molecule has 1 aromatic rings. The van der Waals surface area contributed by atoms with Gasteiger partial charge >= 0.3 is 0 Å². The summed E-state index contributed by atoms with van der Waals surface area (Å²) in [7, 11) is -3.57. The fourth-order valence-corrected chi connectivity index (χ4v) is 4.02. The number of hydrogen-bond donors (Lipinski definition) is 2. The second kappa shape index (κ2) is 6.44. The van der Waals surface area contributed by atoms with Gasteiger partial charge in [-0.25, -0.2) is 13.1 Å². The number of rotatable bonds is 5. The van der Waals surface area contributed by atoms with Crippen LogP contribution in [0.4, 0.5) is 0 Å². The average molecular weight is 312 g/mol. The average Bonchev–Trinajstić information content (AvgIpc) is 2.46. The van der Waals surface area contributed by atoms with Crippen LogP contribution in [0.1, 0.15) is 44.7 Å². The molecule has 0 aromatic heterocycles. The molecule has 1 aliphatic rings. The number of benzene rings is 1. The number of nitrogens with one attached hydrogen (secondary N) is 1. The van der Waals surface area contributed by atoms with Crippen LogP contribution < -0.4 is 10.5 Å². The van der Waals surface area contributed by atoms with Crippen LogP contribution >= 0.6 is 0 Å². The molecule has 1 aliphatic heterocycles. The third-order valence-electron chi connectivity index (χ3n) is 3.85. The van der Waals surface area contributed by atoms with Gasteiger partial charge in [-0.3, -0.25) is 0 Å². The molecule has 0 spiro atoms. The molecule has 0 bridgehead atoms. The first-order valence-electron chi connectivity index (χ1n) is 7.33. The molecule has 21 heavy (non-hydrogen) atoms. The number of sulfonamides is 1. The van der Waals surface area contributed by atoms with Crippen molar-refractivity contribution in [1.82, 2.24) is 4.72 Å². The standard InChI is InChI=1S/C15H24N2O3S/c1-3-14(16)12-6-4-7-13(10-12)21(18,19)17-15(2)8-5-9-20-11-15/h4,6-7,10,14,17H,3,5,8-9,11,16H2,1-2H3. The Morgan fingerprint density at radius 2 is 2.24 bits per heavy atom. The molecule has 1 fully saturated rings. The Bertz CT molecular complexity index is 580. The van der Waals surface area contributed by atoms with Gasteiger partial charge in [0.05, 0.1) is 17.0 Å². The Labute approximate surface area is 126 Å². The lowest BCUT2D eigenvalue weighted by Gasteiger charge is -2.33. The summed E-state index contributed by atoms with van der Waals surface area (Å²) in [5.41, 5.74) is 6.28. The quantitative estimate of drug-likeness (QED) is 0.870. The summed E-state index contributed by atoms with van der Waals surface area (Å²) in [4.78, 5) is 0.260. The monoisotopic (exact) mass is 312 g/mol. The van der Waals surface area contributed by atoms with E-state index in [0.717, 1.165) is 24.8 Å². The van der Waals surface area contributed by atoms with Gasteiger partial charge in [0, 0.05) is 12.6 Å². The van der Waals surface area contributed by atoms with Crippen molar-refractivity contribution >= 4 is 10.0 Å². The maximum absolute atomic E-state index is 12.6. The van der Waals surface area contributed by atoms with Crippen molar-refractivity contribution in [3.63, 3.8) is 0 Å². The van der Waals surface area contributed by atoms with Gasteiger partial charge in [-0.15, -0.1) is 0 Å². The summed E-state index contributed by atoms with van der Waals surface area (Å²) in [5.74, 6) is 0. The van der Waals surface area contributed by atoms with Crippen molar-refractivity contribution in [3.8, 4) is 0 Å². The lowest BCUT2D eigenvalue weighted by Crippen LogP contribution is -2.51. The minimum Gasteiger partial charge on any atom is -0.380 e. The lowest BCUT2D eigenvalue weighted by atomic mass is 9.97. The molecule has 1 aromatic carbocycles. The summed E-state index contributed by atoms with van der Waals surface area (Å²) in [5, 5.41) is 0. The first-order valence-corrected chi connectivity index (χ1v) is 8.82. The Morgan fingerprint density at radius 1 is 1.48 bits per heavy atom. The summed E-state index contributed by atoms with van der Waals surface area (Å²) < 4.78 is 33.3. The highest BCUT2D eigenvalue weighted by Crippen LogP contribution is 2.23. The van der Waals surface area contributed by atoms with E-state index in [4.69, 9.17) is 10.5 Å². The van der Waals surface area contributed by atoms with Crippen LogP contribution in [0.15, 0.2) is 29.2 Å². The minimum atomic E-state index is -3.57. The van der Waals surface area contributed by atoms with E-state index in [1.54, 1.807) is 18.2 Å². The molecule has 6 heteroatoms. The summed E-state index contributed by atoms with van der Waals surface area (Å²) in [6.07, 6.45) is 2.41. The molecule has 5 nitrogen and oxygen atoms in total. The fraction of sp³-hybridized carbons (Fsp3) is 0.600. The first-order chi connectivity index (χ1) is 9.86. The molecule has 0 aliphatic carbocycles. The van der Waals surface area contributed by atoms with E-state index in [1.807, 2.05) is 19.9 Å². The van der Waals surface area contributed by atoms with Gasteiger partial charge in [0.2, 0.25) is 10.0 Å². The molecule has 0 saturated carbocycles. The van der Waals surface area contributed by atoms with Crippen LogP contribution in [0.25, 0.3) is 0 Å². The SMILES string of the molecule is CCC(N)c1cccc(S(=O)(=O)NC2(C)CCCOC2)c1. The van der Waals surface area contributed by atoms with Crippen LogP contribution in [0.3, 0.4) is 0 Å². The zero-order valence-electron chi connectivity index (χ0n) is 12.6. The van der Waals surface area contributed by atoms with Gasteiger partial charge in [0.25, 0.3) is 0 Å². The predicted octanol–water partition coefficient (Wildman–Crippen LogP) is 1.94. The van der Waals surface area contributed by atoms with E-state index in [0.29, 0.717) is 13.2 Å². The van der Waals surface area contributed by atoms with Crippen molar-refractivity contribution in [2.45, 2.75) is 49.6 Å². The van der Waals surface area contributed by atoms with Gasteiger partial charge in [0.1, 0.15) is 0 Å². The van der Waals surface area contributed by atoms with Crippen molar-refractivity contribution in [2.75, 3.05) is 13.2 Å². The maximum atomic E-state index is 12.6. The van der Waals surface area contributed by atoms with Crippen molar-refractivity contribution < 1.29 is 13.2 Å². The van der Waals surface area contributed by atoms with Crippen molar-refractivity contribution in [2.24, 2.45) is 5.73 Å². The van der Waals surface area contributed by atoms with Gasteiger partial charge in [-0.05, 0) is 43.9 Å². The maximum Gasteiger partial charge on any atom is 0.241 e. The van der Waals surface area contributed by atoms with E-state index < -0.39 is 15.6 Å². The second-order valence-electron chi connectivity index (χ2n) is 5.91. The Kier molecular flexibility index (Phi) is 5.03. The van der Waals surface area contributed by atoms with Crippen LogP contribution in [0, 0.1) is 0 Å². The van der Waals surface area contributed by atoms with E-state index in [9.17, 15) is 8.42 Å². The highest BCUT2D eigenvalue weighted by molar-refractivity contribution is 7.89. The third kappa shape index (κ3) is 4.03. The van der Waals surface area contributed by atoms with Gasteiger partial charge < -0.3 is 10.5 Å². The van der Waals surface area contributed by atoms with Crippen molar-refractivity contribution in [3.05, 3.63) is 29.8 Å². The lowest BCUT2D eigenvalue weighted by molar-refractivity contribution is 0.0386. The molecule has 2 atom stereocenters. The number of ether oxygens (including phenoxy) is 1. The molecule has 1 saturated heterocycles. The molecular formula is C15H24N2O3S. The largest absolute Gasteiger partial charge is 0.380 e. The van der Waals surface area contributed by atoms with Crippen LogP contribution in [0.2, 0.25) is 0 Å². The predicted molar refractivity (Wildman–Crippen MR) is 82.4 cm³/mol. The fourth-order valence-electron chi connectivity index (χ4n) is 2.55. The Balaban J connectivity index is 2.23. The van der Waals surface area contributed by atoms with Crippen LogP contribution in [0.5, 0.6) is 0 Å². The molecular weight excluding hydrogens is 288 g/mol. The van der Waals surface area contributed by atoms with E-state index in [2.05, 4.69) is 4.72 Å². The summed E-state index contributed by atoms with van der Waals surface area (Å²) in [6.45, 7) is 4.95. The molecule has 2 rings (SSSR count). The smallest absolute Gasteiger partial charge is 0.241 e. The van der Waals surface area contributed by atoms with E-state index >= 15 is 0 Å². The third-order valence-corrected chi connectivity index (χ3v) is 5.49. The van der Waals surface area contributed by atoms with Gasteiger partial charge in [-0.2, -0.15) is 0 Å². The molecule has 3 N–H and O–H groups in total. The van der Waals surface area contributed by atoms with Crippen LogP contribution in [-0.4, -0.2) is 27.2 Å². The Hall–Kier alpha value is -0.950. The van der Waals surface area contributed by atoms with Gasteiger partial charge in [-0.1, -0.05) is 19.1 Å². The minimum absolute atomic E-state index is 0.145. The molecule has 118 valence electrons. The molecule has 2 unspecified atom stereocenters. The topological polar surface area (TPSA) is 81.4 Å². The number of nitrogens with two attached hydrogens (primary N) is 1. The normalized spacial score (nSPS) is 24.7. The molecule has 0 amide bonds. The summed E-state index contributed by atoms with van der Waals surface area (Å²) >= 11 is 0. The van der Waals surface area contributed by atoms with E-state index in [-0.39, 0.29) is 10.9 Å². The molecule has 0 radical (unpaired) electrons. The highest BCUT2D eigenvalue weighted by Gasteiger charge is 2.33. The molecule has 1 heterocycles. The second-order valence-corrected chi connectivity index (χ2v) is 7.59. The van der Waals surface area contributed by atoms with Gasteiger partial charge in [0.15, 0.2) is 0 Å². The first kappa shape index (κ1) is 16.4. The highest BCUT2D eigenvalue weighted by atomic mass is 32.2. The van der Waals surface area contributed by atoms with Crippen LogP contribution in [-0.2, 0) is 14.8 Å². The number of hydrogen-bond acceptors (Lipinski definition) is 4. The van der Waals surface area contributed by atoms with E-state index in [1.165, 1.54) is 0 Å². The zero-order valence-corrected chi connectivity index (χ0v) is 13.4. The zero-order chi connectivity index (χ0) is 15.5.